The minimum Gasteiger partial charge on any atom is -0.481 e. The van der Waals surface area contributed by atoms with E-state index in [0.717, 1.165) is 5.56 Å². The molecule has 0 aromatic heterocycles. The summed E-state index contributed by atoms with van der Waals surface area (Å²) in [5.74, 6) is -1.89. The number of hydrogen-bond donors (Lipinski definition) is 2. The molecule has 4 nitrogen and oxygen atoms in total. The van der Waals surface area contributed by atoms with Gasteiger partial charge in [-0.2, -0.15) is 0 Å². The summed E-state index contributed by atoms with van der Waals surface area (Å²) in [5.41, 5.74) is 0.737. The number of aliphatic carboxylic acids is 1. The second-order valence-corrected chi connectivity index (χ2v) is 4.25. The molecule has 0 spiro atoms. The lowest BCUT2D eigenvalue weighted by molar-refractivity contribution is -0.141. The molecule has 1 aromatic carbocycles. The van der Waals surface area contributed by atoms with Crippen molar-refractivity contribution in [1.82, 2.24) is 5.32 Å². The van der Waals surface area contributed by atoms with Gasteiger partial charge in [0.25, 0.3) is 0 Å². The average Bonchev–Trinajstić information content (AvgIpc) is 2.34. The molecule has 5 heteroatoms. The van der Waals surface area contributed by atoms with Crippen molar-refractivity contribution in [3.63, 3.8) is 0 Å². The Morgan fingerprint density at radius 1 is 1.44 bits per heavy atom. The van der Waals surface area contributed by atoms with Gasteiger partial charge in [0.15, 0.2) is 0 Å². The SMILES string of the molecule is CC(CNC(=O)/C=C/c1ccccc1Cl)C(=O)O. The van der Waals surface area contributed by atoms with Crippen LogP contribution in [0.1, 0.15) is 12.5 Å². The zero-order valence-corrected chi connectivity index (χ0v) is 10.6. The van der Waals surface area contributed by atoms with Crippen LogP contribution in [-0.4, -0.2) is 23.5 Å². The van der Waals surface area contributed by atoms with Gasteiger partial charge in [-0.25, -0.2) is 0 Å². The number of amides is 1. The first kappa shape index (κ1) is 14.3. The molecule has 0 aliphatic heterocycles. The highest BCUT2D eigenvalue weighted by atomic mass is 35.5. The van der Waals surface area contributed by atoms with E-state index in [1.807, 2.05) is 6.07 Å². The molecule has 1 atom stereocenters. The van der Waals surface area contributed by atoms with E-state index in [0.29, 0.717) is 5.02 Å². The number of rotatable bonds is 5. The Hall–Kier alpha value is -1.81. The van der Waals surface area contributed by atoms with E-state index in [1.165, 1.54) is 13.0 Å². The highest BCUT2D eigenvalue weighted by Crippen LogP contribution is 2.15. The minimum absolute atomic E-state index is 0.0982. The van der Waals surface area contributed by atoms with Crippen LogP contribution in [-0.2, 0) is 9.59 Å². The fraction of sp³-hybridized carbons (Fsp3) is 0.231. The monoisotopic (exact) mass is 267 g/mol. The molecule has 1 rings (SSSR count). The van der Waals surface area contributed by atoms with Gasteiger partial charge in [-0.05, 0) is 17.7 Å². The van der Waals surface area contributed by atoms with Gasteiger partial charge in [-0.15, -0.1) is 0 Å². The van der Waals surface area contributed by atoms with E-state index in [4.69, 9.17) is 16.7 Å². The highest BCUT2D eigenvalue weighted by Gasteiger charge is 2.10. The predicted octanol–water partition coefficient (Wildman–Crippen LogP) is 2.19. The van der Waals surface area contributed by atoms with E-state index in [2.05, 4.69) is 5.32 Å². The minimum atomic E-state index is -0.939. The fourth-order valence-electron chi connectivity index (χ4n) is 1.18. The second kappa shape index (κ2) is 6.81. The Labute approximate surface area is 110 Å². The number of carbonyl (C=O) groups is 2. The van der Waals surface area contributed by atoms with Gasteiger partial charge in [0.05, 0.1) is 5.92 Å². The Balaban J connectivity index is 2.50. The zero-order chi connectivity index (χ0) is 13.5. The largest absolute Gasteiger partial charge is 0.481 e. The number of carboxylic acid groups (broad SMARTS) is 1. The van der Waals surface area contributed by atoms with E-state index in [-0.39, 0.29) is 12.5 Å². The van der Waals surface area contributed by atoms with Crippen LogP contribution in [0.2, 0.25) is 5.02 Å². The maximum Gasteiger partial charge on any atom is 0.308 e. The molecule has 0 radical (unpaired) electrons. The smallest absolute Gasteiger partial charge is 0.308 e. The third kappa shape index (κ3) is 4.59. The van der Waals surface area contributed by atoms with Crippen LogP contribution in [0.15, 0.2) is 30.3 Å². The summed E-state index contributed by atoms with van der Waals surface area (Å²) in [6.45, 7) is 1.63. The number of benzene rings is 1. The summed E-state index contributed by atoms with van der Waals surface area (Å²) in [7, 11) is 0. The van der Waals surface area contributed by atoms with E-state index in [9.17, 15) is 9.59 Å². The number of carboxylic acids is 1. The van der Waals surface area contributed by atoms with Gasteiger partial charge in [0, 0.05) is 17.6 Å². The maximum absolute atomic E-state index is 11.4. The molecule has 0 bridgehead atoms. The summed E-state index contributed by atoms with van der Waals surface area (Å²) in [4.78, 5) is 22.0. The topological polar surface area (TPSA) is 66.4 Å². The normalized spacial score (nSPS) is 12.3. The number of hydrogen-bond acceptors (Lipinski definition) is 2. The first-order valence-corrected chi connectivity index (χ1v) is 5.81. The average molecular weight is 268 g/mol. The Bertz CT molecular complexity index is 471. The number of carbonyl (C=O) groups excluding carboxylic acids is 1. The third-order valence-corrected chi connectivity index (χ3v) is 2.67. The van der Waals surface area contributed by atoms with Crippen LogP contribution in [0, 0.1) is 5.92 Å². The Morgan fingerprint density at radius 3 is 2.72 bits per heavy atom. The summed E-state index contributed by atoms with van der Waals surface area (Å²) < 4.78 is 0. The second-order valence-electron chi connectivity index (χ2n) is 3.84. The van der Waals surface area contributed by atoms with E-state index >= 15 is 0 Å². The molecular formula is C13H14ClNO3. The Morgan fingerprint density at radius 2 is 2.11 bits per heavy atom. The van der Waals surface area contributed by atoms with Crippen LogP contribution in [0.4, 0.5) is 0 Å². The maximum atomic E-state index is 11.4. The van der Waals surface area contributed by atoms with Crippen molar-refractivity contribution in [2.24, 2.45) is 5.92 Å². The van der Waals surface area contributed by atoms with Crippen molar-refractivity contribution >= 4 is 29.6 Å². The molecule has 0 aliphatic carbocycles. The van der Waals surface area contributed by atoms with Gasteiger partial charge in [-0.1, -0.05) is 36.7 Å². The fourth-order valence-corrected chi connectivity index (χ4v) is 1.37. The summed E-state index contributed by atoms with van der Waals surface area (Å²) in [5, 5.41) is 11.7. The van der Waals surface area contributed by atoms with E-state index in [1.54, 1.807) is 24.3 Å². The molecular weight excluding hydrogens is 254 g/mol. The van der Waals surface area contributed by atoms with Crippen LogP contribution < -0.4 is 5.32 Å². The lowest BCUT2D eigenvalue weighted by Gasteiger charge is -2.05. The molecule has 96 valence electrons. The van der Waals surface area contributed by atoms with Gasteiger partial charge in [0.2, 0.25) is 5.91 Å². The summed E-state index contributed by atoms with van der Waals surface area (Å²) >= 11 is 5.92. The molecule has 0 saturated heterocycles. The molecule has 18 heavy (non-hydrogen) atoms. The highest BCUT2D eigenvalue weighted by molar-refractivity contribution is 6.32. The van der Waals surface area contributed by atoms with Gasteiger partial charge < -0.3 is 10.4 Å². The van der Waals surface area contributed by atoms with Crippen LogP contribution >= 0.6 is 11.6 Å². The lowest BCUT2D eigenvalue weighted by atomic mass is 10.2. The summed E-state index contributed by atoms with van der Waals surface area (Å²) in [6, 6.07) is 7.13. The standard InChI is InChI=1S/C13H14ClNO3/c1-9(13(17)18)8-15-12(16)7-6-10-4-2-3-5-11(10)14/h2-7,9H,8H2,1H3,(H,15,16)(H,17,18)/b7-6+. The lowest BCUT2D eigenvalue weighted by Crippen LogP contribution is -2.30. The van der Waals surface area contributed by atoms with Crippen molar-refractivity contribution < 1.29 is 14.7 Å². The molecule has 0 saturated carbocycles. The number of halogens is 1. The Kier molecular flexibility index (Phi) is 5.39. The van der Waals surface area contributed by atoms with Crippen molar-refractivity contribution in [1.29, 1.82) is 0 Å². The molecule has 0 aliphatic rings. The number of nitrogens with one attached hydrogen (secondary N) is 1. The van der Waals surface area contributed by atoms with E-state index < -0.39 is 11.9 Å². The first-order chi connectivity index (χ1) is 8.50. The molecule has 2 N–H and O–H groups in total. The van der Waals surface area contributed by atoms with Gasteiger partial charge in [0.1, 0.15) is 0 Å². The van der Waals surface area contributed by atoms with Gasteiger partial charge in [-0.3, -0.25) is 9.59 Å². The third-order valence-electron chi connectivity index (χ3n) is 2.32. The summed E-state index contributed by atoms with van der Waals surface area (Å²) in [6.07, 6.45) is 2.92. The molecule has 1 aromatic rings. The molecule has 1 amide bonds. The van der Waals surface area contributed by atoms with Crippen LogP contribution in [0.25, 0.3) is 6.08 Å². The molecule has 0 heterocycles. The van der Waals surface area contributed by atoms with Crippen molar-refractivity contribution in [3.05, 3.63) is 40.9 Å². The van der Waals surface area contributed by atoms with Gasteiger partial charge >= 0.3 is 5.97 Å². The van der Waals surface area contributed by atoms with Crippen LogP contribution in [0.3, 0.4) is 0 Å². The van der Waals surface area contributed by atoms with Crippen molar-refractivity contribution in [2.75, 3.05) is 6.54 Å². The zero-order valence-electron chi connectivity index (χ0n) is 9.89. The first-order valence-electron chi connectivity index (χ1n) is 5.44. The van der Waals surface area contributed by atoms with Crippen LogP contribution in [0.5, 0.6) is 0 Å². The van der Waals surface area contributed by atoms with Crippen molar-refractivity contribution in [2.45, 2.75) is 6.92 Å². The predicted molar refractivity (Wildman–Crippen MR) is 70.3 cm³/mol. The quantitative estimate of drug-likeness (QED) is 0.804. The molecule has 1 unspecified atom stereocenters. The molecule has 0 fully saturated rings. The van der Waals surface area contributed by atoms with Crippen molar-refractivity contribution in [3.8, 4) is 0 Å².